The third-order valence-electron chi connectivity index (χ3n) is 4.36. The molecule has 20 heavy (non-hydrogen) atoms. The lowest BCUT2D eigenvalue weighted by atomic mass is 10.1. The van der Waals surface area contributed by atoms with Crippen molar-refractivity contribution in [3.63, 3.8) is 0 Å². The fraction of sp³-hybridized carbons (Fsp3) is 0.222. The van der Waals surface area contributed by atoms with Crippen LogP contribution in [0.2, 0.25) is 0 Å². The summed E-state index contributed by atoms with van der Waals surface area (Å²) < 4.78 is 0. The zero-order valence-corrected chi connectivity index (χ0v) is 11.9. The summed E-state index contributed by atoms with van der Waals surface area (Å²) in [7, 11) is 0. The molecule has 0 N–H and O–H groups in total. The van der Waals surface area contributed by atoms with Gasteiger partial charge in [-0.25, -0.2) is 0 Å². The van der Waals surface area contributed by atoms with Gasteiger partial charge in [0.25, 0.3) is 0 Å². The van der Waals surface area contributed by atoms with Gasteiger partial charge in [-0.1, -0.05) is 36.4 Å². The summed E-state index contributed by atoms with van der Waals surface area (Å²) in [6.07, 6.45) is 3.69. The highest BCUT2D eigenvalue weighted by molar-refractivity contribution is 5.74. The van der Waals surface area contributed by atoms with Crippen molar-refractivity contribution in [1.82, 2.24) is 0 Å². The van der Waals surface area contributed by atoms with Crippen molar-refractivity contribution in [1.29, 1.82) is 0 Å². The predicted molar refractivity (Wildman–Crippen MR) is 83.8 cm³/mol. The molecule has 0 spiro atoms. The Kier molecular flexibility index (Phi) is 2.40. The molecule has 2 heterocycles. The summed E-state index contributed by atoms with van der Waals surface area (Å²) in [6.45, 7) is 4.48. The molecule has 1 atom stereocenters. The third kappa shape index (κ3) is 1.51. The Bertz CT molecular complexity index is 688. The van der Waals surface area contributed by atoms with Gasteiger partial charge in [0, 0.05) is 29.7 Å². The summed E-state index contributed by atoms with van der Waals surface area (Å²) in [5, 5.41) is 0. The molecule has 2 nitrogen and oxygen atoms in total. The molecule has 2 aliphatic heterocycles. The van der Waals surface area contributed by atoms with Gasteiger partial charge in [0.2, 0.25) is 0 Å². The molecule has 0 saturated heterocycles. The number of fused-ring (bicyclic) bond motifs is 3. The Balaban J connectivity index is 1.78. The van der Waals surface area contributed by atoms with E-state index in [1.807, 2.05) is 0 Å². The minimum Gasteiger partial charge on any atom is -0.325 e. The van der Waals surface area contributed by atoms with Crippen LogP contribution in [0.3, 0.4) is 0 Å². The monoisotopic (exact) mass is 262 g/mol. The van der Waals surface area contributed by atoms with Crippen molar-refractivity contribution in [2.75, 3.05) is 9.80 Å². The second kappa shape index (κ2) is 4.14. The number of hydrogen-bond acceptors (Lipinski definition) is 2. The van der Waals surface area contributed by atoms with Crippen LogP contribution in [0.1, 0.15) is 18.1 Å². The maximum Gasteiger partial charge on any atom is 0.107 e. The molecule has 100 valence electrons. The standard InChI is InChI=1S/C18H18N2/c1-13-7-6-8-15-11-17-12-19(14(2)20(17)18(13)15)16-9-4-3-5-10-16/h3-10,12,14H,11H2,1-2H3. The molecule has 0 radical (unpaired) electrons. The van der Waals surface area contributed by atoms with Crippen LogP contribution >= 0.6 is 0 Å². The number of benzene rings is 2. The minimum absolute atomic E-state index is 0.342. The summed E-state index contributed by atoms with van der Waals surface area (Å²) in [5.74, 6) is 0. The molecule has 0 amide bonds. The molecule has 2 heteroatoms. The number of allylic oxidation sites excluding steroid dienone is 1. The Morgan fingerprint density at radius 3 is 2.60 bits per heavy atom. The maximum absolute atomic E-state index is 2.48. The van der Waals surface area contributed by atoms with E-state index in [2.05, 4.69) is 78.4 Å². The number of hydrogen-bond donors (Lipinski definition) is 0. The first-order valence-electron chi connectivity index (χ1n) is 7.17. The van der Waals surface area contributed by atoms with Gasteiger partial charge in [-0.2, -0.15) is 0 Å². The molecule has 0 fully saturated rings. The number of rotatable bonds is 1. The van der Waals surface area contributed by atoms with E-state index in [-0.39, 0.29) is 0 Å². The van der Waals surface area contributed by atoms with Crippen LogP contribution in [0.25, 0.3) is 0 Å². The smallest absolute Gasteiger partial charge is 0.107 e. The van der Waals surface area contributed by atoms with Crippen molar-refractivity contribution in [3.8, 4) is 0 Å². The topological polar surface area (TPSA) is 6.48 Å². The Hall–Kier alpha value is -2.22. The zero-order chi connectivity index (χ0) is 13.7. The van der Waals surface area contributed by atoms with Crippen LogP contribution in [-0.4, -0.2) is 6.17 Å². The second-order valence-corrected chi connectivity index (χ2v) is 5.62. The van der Waals surface area contributed by atoms with Crippen LogP contribution in [0, 0.1) is 6.92 Å². The lowest BCUT2D eigenvalue weighted by Gasteiger charge is -2.30. The second-order valence-electron chi connectivity index (χ2n) is 5.62. The van der Waals surface area contributed by atoms with E-state index in [1.165, 1.54) is 28.2 Å². The highest BCUT2D eigenvalue weighted by Crippen LogP contribution is 2.43. The highest BCUT2D eigenvalue weighted by Gasteiger charge is 2.36. The molecule has 2 aliphatic rings. The van der Waals surface area contributed by atoms with Gasteiger partial charge in [0.15, 0.2) is 0 Å². The number of para-hydroxylation sites is 2. The van der Waals surface area contributed by atoms with Gasteiger partial charge < -0.3 is 9.80 Å². The van der Waals surface area contributed by atoms with Crippen molar-refractivity contribution in [2.45, 2.75) is 26.4 Å². The van der Waals surface area contributed by atoms with Crippen molar-refractivity contribution in [3.05, 3.63) is 71.6 Å². The van der Waals surface area contributed by atoms with E-state index in [4.69, 9.17) is 0 Å². The van der Waals surface area contributed by atoms with E-state index in [1.54, 1.807) is 0 Å². The normalized spacial score (nSPS) is 19.9. The fourth-order valence-electron chi connectivity index (χ4n) is 3.45. The third-order valence-corrected chi connectivity index (χ3v) is 4.36. The van der Waals surface area contributed by atoms with E-state index in [9.17, 15) is 0 Å². The molecule has 0 aliphatic carbocycles. The fourth-order valence-corrected chi connectivity index (χ4v) is 3.45. The van der Waals surface area contributed by atoms with E-state index >= 15 is 0 Å². The predicted octanol–water partition coefficient (Wildman–Crippen LogP) is 4.07. The van der Waals surface area contributed by atoms with Gasteiger partial charge >= 0.3 is 0 Å². The largest absolute Gasteiger partial charge is 0.325 e. The number of nitrogens with zero attached hydrogens (tertiary/aromatic N) is 2. The van der Waals surface area contributed by atoms with Crippen molar-refractivity contribution in [2.24, 2.45) is 0 Å². The van der Waals surface area contributed by atoms with E-state index < -0.39 is 0 Å². The number of anilines is 2. The molecule has 2 aromatic rings. The molecular formula is C18H18N2. The van der Waals surface area contributed by atoms with Gasteiger partial charge in [0.1, 0.15) is 6.17 Å². The minimum atomic E-state index is 0.342. The summed E-state index contributed by atoms with van der Waals surface area (Å²) in [6, 6.07) is 17.2. The average molecular weight is 262 g/mol. The molecule has 2 aromatic carbocycles. The van der Waals surface area contributed by atoms with Crippen molar-refractivity contribution < 1.29 is 0 Å². The molecule has 1 unspecified atom stereocenters. The quantitative estimate of drug-likeness (QED) is 0.764. The van der Waals surface area contributed by atoms with Gasteiger partial charge in [-0.3, -0.25) is 0 Å². The molecule has 0 bridgehead atoms. The highest BCUT2D eigenvalue weighted by atomic mass is 15.4. The van der Waals surface area contributed by atoms with Gasteiger partial charge in [-0.15, -0.1) is 0 Å². The Labute approximate surface area is 119 Å². The first kappa shape index (κ1) is 11.6. The SMILES string of the molecule is Cc1cccc2c1N1C(=CN(c3ccccc3)C1C)C2. The van der Waals surface area contributed by atoms with Gasteiger partial charge in [-0.05, 0) is 37.1 Å². The summed E-state index contributed by atoms with van der Waals surface area (Å²) >= 11 is 0. The summed E-state index contributed by atoms with van der Waals surface area (Å²) in [5.41, 5.74) is 6.90. The van der Waals surface area contributed by atoms with Crippen LogP contribution in [0.15, 0.2) is 60.4 Å². The first-order chi connectivity index (χ1) is 9.75. The zero-order valence-electron chi connectivity index (χ0n) is 11.9. The lowest BCUT2D eigenvalue weighted by Crippen LogP contribution is -2.36. The molecular weight excluding hydrogens is 244 g/mol. The molecule has 0 aromatic heterocycles. The average Bonchev–Trinajstić information content (AvgIpc) is 2.98. The summed E-state index contributed by atoms with van der Waals surface area (Å²) in [4.78, 5) is 4.85. The van der Waals surface area contributed by atoms with E-state index in [0.717, 1.165) is 6.42 Å². The maximum atomic E-state index is 2.48. The Morgan fingerprint density at radius 2 is 1.80 bits per heavy atom. The number of aryl methyl sites for hydroxylation is 1. The van der Waals surface area contributed by atoms with Crippen LogP contribution < -0.4 is 9.80 Å². The van der Waals surface area contributed by atoms with Crippen LogP contribution in [0.5, 0.6) is 0 Å². The first-order valence-corrected chi connectivity index (χ1v) is 7.17. The van der Waals surface area contributed by atoms with Crippen LogP contribution in [0.4, 0.5) is 11.4 Å². The van der Waals surface area contributed by atoms with Crippen molar-refractivity contribution >= 4 is 11.4 Å². The van der Waals surface area contributed by atoms with Crippen LogP contribution in [-0.2, 0) is 6.42 Å². The van der Waals surface area contributed by atoms with Gasteiger partial charge in [0.05, 0.1) is 0 Å². The lowest BCUT2D eigenvalue weighted by molar-refractivity contribution is 0.743. The Morgan fingerprint density at radius 1 is 1.00 bits per heavy atom. The molecule has 4 rings (SSSR count). The molecule has 0 saturated carbocycles. The van der Waals surface area contributed by atoms with E-state index in [0.29, 0.717) is 6.17 Å².